The van der Waals surface area contributed by atoms with E-state index >= 15 is 0 Å². The van der Waals surface area contributed by atoms with Gasteiger partial charge in [0.05, 0.1) is 11.4 Å². The van der Waals surface area contributed by atoms with Gasteiger partial charge in [0.25, 0.3) is 0 Å². The minimum Gasteiger partial charge on any atom is -0.571 e. The van der Waals surface area contributed by atoms with Crippen LogP contribution in [0.2, 0.25) is 0 Å². The van der Waals surface area contributed by atoms with E-state index in [1.165, 1.54) is 12.3 Å². The number of benzene rings is 1. The summed E-state index contributed by atoms with van der Waals surface area (Å²) in [7, 11) is -3.69. The highest BCUT2D eigenvalue weighted by molar-refractivity contribution is 7.94. The standard InChI is InChI=1S/C12H12N3O2S/c13-8-10-3-1-5-12(7-10)18(16,17)15-11-4-2-6-14-9-11/h1-7,9H,8,13H2/q-1/p+1. The lowest BCUT2D eigenvalue weighted by atomic mass is 10.2. The largest absolute Gasteiger partial charge is 0.571 e. The Morgan fingerprint density at radius 2 is 2.06 bits per heavy atom. The van der Waals surface area contributed by atoms with E-state index in [1.807, 2.05) is 6.07 Å². The first-order valence-corrected chi connectivity index (χ1v) is 6.82. The first-order valence-electron chi connectivity index (χ1n) is 5.38. The normalized spacial score (nSPS) is 11.2. The van der Waals surface area contributed by atoms with E-state index in [0.29, 0.717) is 12.2 Å². The zero-order chi connectivity index (χ0) is 13.0. The van der Waals surface area contributed by atoms with E-state index in [1.54, 1.807) is 30.5 Å². The molecule has 3 N–H and O–H groups in total. The Morgan fingerprint density at radius 1 is 1.22 bits per heavy atom. The molecular formula is C12H13N3O2S. The zero-order valence-electron chi connectivity index (χ0n) is 9.65. The molecule has 2 rings (SSSR count). The Labute approximate surface area is 106 Å². The first kappa shape index (κ1) is 12.5. The topological polar surface area (TPSA) is 88.8 Å². The van der Waals surface area contributed by atoms with Crippen molar-refractivity contribution in [1.82, 2.24) is 4.98 Å². The predicted molar refractivity (Wildman–Crippen MR) is 67.5 cm³/mol. The molecule has 0 amide bonds. The number of aromatic nitrogens is 1. The average Bonchev–Trinajstić information content (AvgIpc) is 2.39. The summed E-state index contributed by atoms with van der Waals surface area (Å²) in [6.45, 7) is 0.538. The fourth-order valence-corrected chi connectivity index (χ4v) is 2.50. The lowest BCUT2D eigenvalue weighted by Crippen LogP contribution is -2.47. The van der Waals surface area contributed by atoms with E-state index in [0.717, 1.165) is 5.56 Å². The SMILES string of the molecule is [NH3+]Cc1cccc(S(=O)(=O)[N-]c2cccnc2)c1. The van der Waals surface area contributed by atoms with Crippen molar-refractivity contribution in [3.63, 3.8) is 0 Å². The molecule has 0 aliphatic heterocycles. The van der Waals surface area contributed by atoms with E-state index in [-0.39, 0.29) is 4.90 Å². The molecule has 0 spiro atoms. The van der Waals surface area contributed by atoms with Crippen LogP contribution >= 0.6 is 0 Å². The molecule has 1 heterocycles. The number of nitrogens with zero attached hydrogens (tertiary/aromatic N) is 2. The number of rotatable bonds is 4. The maximum Gasteiger partial charge on any atom is 0.123 e. The maximum absolute atomic E-state index is 12.1. The molecule has 18 heavy (non-hydrogen) atoms. The summed E-state index contributed by atoms with van der Waals surface area (Å²) in [5.74, 6) is 0. The third-order valence-electron chi connectivity index (χ3n) is 2.36. The van der Waals surface area contributed by atoms with Gasteiger partial charge in [-0.3, -0.25) is 4.98 Å². The van der Waals surface area contributed by atoms with Crippen molar-refractivity contribution in [1.29, 1.82) is 0 Å². The third kappa shape index (κ3) is 2.85. The second-order valence-electron chi connectivity index (χ2n) is 3.67. The number of hydrogen-bond donors (Lipinski definition) is 1. The Kier molecular flexibility index (Phi) is 3.59. The van der Waals surface area contributed by atoms with Gasteiger partial charge in [0, 0.05) is 18.0 Å². The first-order chi connectivity index (χ1) is 8.62. The summed E-state index contributed by atoms with van der Waals surface area (Å²) in [6, 6.07) is 9.86. The van der Waals surface area contributed by atoms with E-state index in [4.69, 9.17) is 0 Å². The van der Waals surface area contributed by atoms with Gasteiger partial charge in [-0.1, -0.05) is 18.2 Å². The summed E-state index contributed by atoms with van der Waals surface area (Å²) in [6.07, 6.45) is 2.97. The van der Waals surface area contributed by atoms with Crippen molar-refractivity contribution in [2.24, 2.45) is 0 Å². The van der Waals surface area contributed by atoms with Crippen LogP contribution in [0.15, 0.2) is 53.7 Å². The van der Waals surface area contributed by atoms with Gasteiger partial charge in [0.2, 0.25) is 0 Å². The molecule has 0 aliphatic rings. The Morgan fingerprint density at radius 3 is 2.72 bits per heavy atom. The lowest BCUT2D eigenvalue weighted by molar-refractivity contribution is -0.386. The van der Waals surface area contributed by atoms with Crippen LogP contribution in [-0.2, 0) is 16.6 Å². The van der Waals surface area contributed by atoms with Gasteiger partial charge in [-0.2, -0.15) is 0 Å². The van der Waals surface area contributed by atoms with Crippen molar-refractivity contribution in [3.05, 3.63) is 59.1 Å². The van der Waals surface area contributed by atoms with Crippen LogP contribution in [0.5, 0.6) is 0 Å². The molecule has 0 fully saturated rings. The molecule has 0 saturated heterocycles. The van der Waals surface area contributed by atoms with E-state index in [9.17, 15) is 8.42 Å². The zero-order valence-corrected chi connectivity index (χ0v) is 10.5. The monoisotopic (exact) mass is 263 g/mol. The van der Waals surface area contributed by atoms with Gasteiger partial charge < -0.3 is 10.5 Å². The van der Waals surface area contributed by atoms with Crippen LogP contribution < -0.4 is 5.73 Å². The van der Waals surface area contributed by atoms with Crippen LogP contribution in [0.4, 0.5) is 5.69 Å². The molecule has 2 aromatic rings. The Hall–Kier alpha value is -1.92. The lowest BCUT2D eigenvalue weighted by Gasteiger charge is -2.21. The fourth-order valence-electron chi connectivity index (χ4n) is 1.46. The van der Waals surface area contributed by atoms with Gasteiger partial charge in [-0.15, -0.1) is 5.69 Å². The van der Waals surface area contributed by atoms with Crippen molar-refractivity contribution in [2.45, 2.75) is 11.4 Å². The molecule has 1 aromatic heterocycles. The van der Waals surface area contributed by atoms with Crippen LogP contribution in [-0.4, -0.2) is 13.4 Å². The van der Waals surface area contributed by atoms with E-state index in [2.05, 4.69) is 15.4 Å². The second-order valence-corrected chi connectivity index (χ2v) is 5.28. The molecule has 0 unspecified atom stereocenters. The molecule has 0 bridgehead atoms. The Bertz CT molecular complexity index is 627. The molecule has 0 aliphatic carbocycles. The van der Waals surface area contributed by atoms with Crippen molar-refractivity contribution in [3.8, 4) is 0 Å². The third-order valence-corrected chi connectivity index (χ3v) is 3.66. The Balaban J connectivity index is 2.31. The quantitative estimate of drug-likeness (QED) is 0.899. The van der Waals surface area contributed by atoms with Crippen LogP contribution in [0.25, 0.3) is 4.72 Å². The molecule has 1 aromatic carbocycles. The number of pyridine rings is 1. The smallest absolute Gasteiger partial charge is 0.123 e. The average molecular weight is 263 g/mol. The van der Waals surface area contributed by atoms with Gasteiger partial charge in [-0.25, -0.2) is 8.42 Å². The van der Waals surface area contributed by atoms with Crippen LogP contribution in [0.3, 0.4) is 0 Å². The highest BCUT2D eigenvalue weighted by Gasteiger charge is 2.05. The van der Waals surface area contributed by atoms with E-state index < -0.39 is 10.0 Å². The van der Waals surface area contributed by atoms with Crippen molar-refractivity contribution in [2.75, 3.05) is 0 Å². The van der Waals surface area contributed by atoms with Gasteiger partial charge in [0.15, 0.2) is 0 Å². The molecule has 0 saturated carbocycles. The highest BCUT2D eigenvalue weighted by Crippen LogP contribution is 2.26. The highest BCUT2D eigenvalue weighted by atomic mass is 32.2. The van der Waals surface area contributed by atoms with Crippen molar-refractivity contribution >= 4 is 15.7 Å². The van der Waals surface area contributed by atoms with Gasteiger partial charge in [0.1, 0.15) is 10.0 Å². The molecule has 6 heteroatoms. The molecular weight excluding hydrogens is 250 g/mol. The molecule has 5 nitrogen and oxygen atoms in total. The van der Waals surface area contributed by atoms with Crippen molar-refractivity contribution < 1.29 is 14.2 Å². The molecule has 94 valence electrons. The number of quaternary nitrogens is 1. The van der Waals surface area contributed by atoms with Crippen LogP contribution in [0.1, 0.15) is 5.56 Å². The minimum absolute atomic E-state index is 0.174. The fraction of sp³-hybridized carbons (Fsp3) is 0.0833. The second kappa shape index (κ2) is 5.16. The molecule has 0 radical (unpaired) electrons. The summed E-state index contributed by atoms with van der Waals surface area (Å²) in [4.78, 5) is 4.00. The maximum atomic E-state index is 12.1. The number of sulfonamides is 1. The van der Waals surface area contributed by atoms with Gasteiger partial charge in [-0.05, 0) is 18.2 Å². The predicted octanol–water partition coefficient (Wildman–Crippen LogP) is 1.22. The number of hydrogen-bond acceptors (Lipinski definition) is 3. The van der Waals surface area contributed by atoms with Gasteiger partial charge >= 0.3 is 0 Å². The minimum atomic E-state index is -3.69. The van der Waals surface area contributed by atoms with Crippen LogP contribution in [0, 0.1) is 0 Å². The molecule has 0 atom stereocenters. The summed E-state index contributed by atoms with van der Waals surface area (Å²) < 4.78 is 27.8. The summed E-state index contributed by atoms with van der Waals surface area (Å²) in [5.41, 5.74) is 4.90. The summed E-state index contributed by atoms with van der Waals surface area (Å²) in [5, 5.41) is 0. The summed E-state index contributed by atoms with van der Waals surface area (Å²) >= 11 is 0.